The number of guanidine groups is 1. The predicted molar refractivity (Wildman–Crippen MR) is 126 cm³/mol. The maximum atomic E-state index is 5.98. The van der Waals surface area contributed by atoms with Crippen LogP contribution in [-0.2, 0) is 13.1 Å². The van der Waals surface area contributed by atoms with Crippen molar-refractivity contribution in [2.45, 2.75) is 25.9 Å². The second kappa shape index (κ2) is 11.1. The smallest absolute Gasteiger partial charge is 0.191 e. The Morgan fingerprint density at radius 2 is 1.86 bits per heavy atom. The van der Waals surface area contributed by atoms with E-state index >= 15 is 0 Å². The molecule has 1 saturated carbocycles. The lowest BCUT2D eigenvalue weighted by Crippen LogP contribution is -2.36. The summed E-state index contributed by atoms with van der Waals surface area (Å²) in [6, 6.07) is 14.2. The third-order valence-corrected chi connectivity index (χ3v) is 4.50. The number of nitrogens with one attached hydrogen (secondary N) is 2. The second-order valence-corrected chi connectivity index (χ2v) is 7.02. The van der Waals surface area contributed by atoms with Crippen LogP contribution in [0.4, 0.5) is 5.82 Å². The summed E-state index contributed by atoms with van der Waals surface area (Å²) in [6.07, 6.45) is 2.58. The molecule has 0 atom stereocenters. The van der Waals surface area contributed by atoms with Gasteiger partial charge in [0, 0.05) is 33.3 Å². The topological polar surface area (TPSA) is 61.8 Å². The highest BCUT2D eigenvalue weighted by molar-refractivity contribution is 14.0. The Hall–Kier alpha value is -2.03. The van der Waals surface area contributed by atoms with E-state index in [2.05, 4.69) is 26.7 Å². The van der Waals surface area contributed by atoms with Crippen molar-refractivity contribution in [3.63, 3.8) is 0 Å². The van der Waals surface area contributed by atoms with E-state index in [4.69, 9.17) is 4.74 Å². The minimum Gasteiger partial charge on any atom is -0.493 e. The monoisotopic (exact) mass is 495 g/mol. The van der Waals surface area contributed by atoms with Gasteiger partial charge >= 0.3 is 0 Å². The van der Waals surface area contributed by atoms with Gasteiger partial charge in [0.2, 0.25) is 0 Å². The number of aromatic nitrogens is 1. The van der Waals surface area contributed by atoms with Crippen molar-refractivity contribution in [1.82, 2.24) is 15.6 Å². The Morgan fingerprint density at radius 3 is 2.57 bits per heavy atom. The molecule has 0 unspecified atom stereocenters. The number of hydrogen-bond donors (Lipinski definition) is 2. The summed E-state index contributed by atoms with van der Waals surface area (Å²) in [6.45, 7) is 2.09. The first-order chi connectivity index (χ1) is 13.2. The molecule has 1 aliphatic rings. The Kier molecular flexibility index (Phi) is 8.82. The Balaban J connectivity index is 0.00000280. The van der Waals surface area contributed by atoms with Crippen LogP contribution < -0.4 is 20.3 Å². The van der Waals surface area contributed by atoms with E-state index in [1.54, 1.807) is 7.05 Å². The summed E-state index contributed by atoms with van der Waals surface area (Å²) in [7, 11) is 5.75. The molecule has 1 heterocycles. The van der Waals surface area contributed by atoms with Crippen LogP contribution in [0, 0.1) is 5.92 Å². The molecule has 3 rings (SSSR count). The predicted octanol–water partition coefficient (Wildman–Crippen LogP) is 3.42. The normalized spacial score (nSPS) is 13.5. The standard InChI is InChI=1S/C21H29N5O.HI/c1-22-21(24-14-18-8-6-10-20(25-18)26(2)3)23-13-17-7-4-5-9-19(17)27-15-16-11-12-16;/h4-10,16H,11-15H2,1-3H3,(H2,22,23,24);1H. The number of rotatable bonds is 8. The van der Waals surface area contributed by atoms with Crippen LogP contribution >= 0.6 is 24.0 Å². The molecule has 0 aliphatic heterocycles. The summed E-state index contributed by atoms with van der Waals surface area (Å²) < 4.78 is 5.98. The van der Waals surface area contributed by atoms with E-state index < -0.39 is 0 Å². The molecule has 28 heavy (non-hydrogen) atoms. The number of aliphatic imine (C=N–C) groups is 1. The highest BCUT2D eigenvalue weighted by atomic mass is 127. The molecule has 7 heteroatoms. The van der Waals surface area contributed by atoms with E-state index in [-0.39, 0.29) is 24.0 Å². The Labute approximate surface area is 184 Å². The average molecular weight is 495 g/mol. The zero-order valence-electron chi connectivity index (χ0n) is 16.8. The summed E-state index contributed by atoms with van der Waals surface area (Å²) >= 11 is 0. The van der Waals surface area contributed by atoms with Crippen molar-refractivity contribution in [1.29, 1.82) is 0 Å². The number of ether oxygens (including phenoxy) is 1. The van der Waals surface area contributed by atoms with Gasteiger partial charge in [0.1, 0.15) is 11.6 Å². The first-order valence-electron chi connectivity index (χ1n) is 9.44. The van der Waals surface area contributed by atoms with Gasteiger partial charge in [-0.1, -0.05) is 24.3 Å². The van der Waals surface area contributed by atoms with Gasteiger partial charge < -0.3 is 20.3 Å². The first kappa shape index (κ1) is 22.3. The van der Waals surface area contributed by atoms with Crippen LogP contribution in [0.2, 0.25) is 0 Å². The van der Waals surface area contributed by atoms with Gasteiger partial charge in [-0.3, -0.25) is 4.99 Å². The maximum Gasteiger partial charge on any atom is 0.191 e. The number of benzene rings is 1. The lowest BCUT2D eigenvalue weighted by molar-refractivity contribution is 0.296. The minimum absolute atomic E-state index is 0. The van der Waals surface area contributed by atoms with Crippen molar-refractivity contribution in [3.05, 3.63) is 53.7 Å². The number of hydrogen-bond acceptors (Lipinski definition) is 4. The van der Waals surface area contributed by atoms with Crippen molar-refractivity contribution < 1.29 is 4.74 Å². The summed E-state index contributed by atoms with van der Waals surface area (Å²) in [5.74, 6) is 3.38. The van der Waals surface area contributed by atoms with E-state index in [1.165, 1.54) is 12.8 Å². The summed E-state index contributed by atoms with van der Waals surface area (Å²) in [4.78, 5) is 10.9. The summed E-state index contributed by atoms with van der Waals surface area (Å²) in [5.41, 5.74) is 2.10. The molecule has 1 aliphatic carbocycles. The van der Waals surface area contributed by atoms with Crippen molar-refractivity contribution in [2.24, 2.45) is 10.9 Å². The van der Waals surface area contributed by atoms with Crippen LogP contribution in [0.15, 0.2) is 47.5 Å². The number of halogens is 1. The highest BCUT2D eigenvalue weighted by Crippen LogP contribution is 2.30. The first-order valence-corrected chi connectivity index (χ1v) is 9.44. The Bertz CT molecular complexity index is 777. The Morgan fingerprint density at radius 1 is 1.11 bits per heavy atom. The zero-order valence-corrected chi connectivity index (χ0v) is 19.1. The molecular formula is C21H30IN5O. The average Bonchev–Trinajstić information content (AvgIpc) is 3.52. The molecule has 0 bridgehead atoms. The van der Waals surface area contributed by atoms with Crippen LogP contribution in [0.5, 0.6) is 5.75 Å². The highest BCUT2D eigenvalue weighted by Gasteiger charge is 2.22. The SMILES string of the molecule is CN=C(NCc1cccc(N(C)C)n1)NCc1ccccc1OCC1CC1.I. The molecule has 2 aromatic rings. The van der Waals surface area contributed by atoms with Gasteiger partial charge in [-0.05, 0) is 37.0 Å². The van der Waals surface area contributed by atoms with Crippen molar-refractivity contribution in [2.75, 3.05) is 32.6 Å². The largest absolute Gasteiger partial charge is 0.493 e. The molecule has 0 radical (unpaired) electrons. The fraction of sp³-hybridized carbons (Fsp3) is 0.429. The fourth-order valence-corrected chi connectivity index (χ4v) is 2.67. The second-order valence-electron chi connectivity index (χ2n) is 7.02. The number of nitrogens with zero attached hydrogens (tertiary/aromatic N) is 3. The van der Waals surface area contributed by atoms with E-state index in [0.29, 0.717) is 13.1 Å². The van der Waals surface area contributed by atoms with Crippen LogP contribution in [0.3, 0.4) is 0 Å². The molecule has 1 fully saturated rings. The molecule has 0 spiro atoms. The fourth-order valence-electron chi connectivity index (χ4n) is 2.67. The van der Waals surface area contributed by atoms with Crippen molar-refractivity contribution in [3.8, 4) is 5.75 Å². The minimum atomic E-state index is 0. The molecular weight excluding hydrogens is 465 g/mol. The van der Waals surface area contributed by atoms with Gasteiger partial charge in [0.15, 0.2) is 5.96 Å². The lowest BCUT2D eigenvalue weighted by atomic mass is 10.2. The molecule has 152 valence electrons. The van der Waals surface area contributed by atoms with Gasteiger partial charge in [-0.15, -0.1) is 24.0 Å². The van der Waals surface area contributed by atoms with E-state index in [0.717, 1.165) is 41.3 Å². The molecule has 1 aromatic heterocycles. The third-order valence-electron chi connectivity index (χ3n) is 4.50. The number of para-hydroxylation sites is 1. The maximum absolute atomic E-state index is 5.98. The van der Waals surface area contributed by atoms with Crippen LogP contribution in [-0.4, -0.2) is 38.7 Å². The molecule has 2 N–H and O–H groups in total. The molecule has 6 nitrogen and oxygen atoms in total. The van der Waals surface area contributed by atoms with Gasteiger partial charge in [-0.2, -0.15) is 0 Å². The number of anilines is 1. The summed E-state index contributed by atoms with van der Waals surface area (Å²) in [5, 5.41) is 6.68. The molecule has 1 aromatic carbocycles. The van der Waals surface area contributed by atoms with Gasteiger partial charge in [0.05, 0.1) is 18.8 Å². The van der Waals surface area contributed by atoms with E-state index in [9.17, 15) is 0 Å². The van der Waals surface area contributed by atoms with Gasteiger partial charge in [-0.25, -0.2) is 4.98 Å². The quantitative estimate of drug-likeness (QED) is 0.334. The van der Waals surface area contributed by atoms with Crippen LogP contribution in [0.1, 0.15) is 24.1 Å². The lowest BCUT2D eigenvalue weighted by Gasteiger charge is -2.15. The zero-order chi connectivity index (χ0) is 19.1. The van der Waals surface area contributed by atoms with Gasteiger partial charge in [0.25, 0.3) is 0 Å². The van der Waals surface area contributed by atoms with Crippen LogP contribution in [0.25, 0.3) is 0 Å². The van der Waals surface area contributed by atoms with E-state index in [1.807, 2.05) is 55.4 Å². The third kappa shape index (κ3) is 6.85. The number of pyridine rings is 1. The molecule has 0 amide bonds. The van der Waals surface area contributed by atoms with Crippen molar-refractivity contribution >= 4 is 35.8 Å². The molecule has 0 saturated heterocycles.